The molecule has 1 N–H and O–H groups in total. The average molecular weight is 288 g/mol. The number of aryl methyl sites for hydroxylation is 2. The van der Waals surface area contributed by atoms with Crippen molar-refractivity contribution in [3.63, 3.8) is 0 Å². The predicted molar refractivity (Wildman–Crippen MR) is 93.3 cm³/mol. The Morgan fingerprint density at radius 3 is 2.95 bits per heavy atom. The second-order valence-corrected chi connectivity index (χ2v) is 6.57. The number of nitrogens with one attached hydrogen (secondary N) is 1. The van der Waals surface area contributed by atoms with Crippen molar-refractivity contribution in [1.82, 2.24) is 5.32 Å². The lowest BCUT2D eigenvalue weighted by atomic mass is 9.99. The number of hydrogen-bond donors (Lipinski definition) is 1. The molecule has 0 aliphatic carbocycles. The minimum Gasteiger partial charge on any atom is -0.371 e. The third-order valence-corrected chi connectivity index (χ3v) is 4.51. The normalized spacial score (nSPS) is 15.9. The highest BCUT2D eigenvalue weighted by Gasteiger charge is 2.16. The standard InChI is InChI=1S/C19H32N2/c1-4-12-20-17(3)8-5-6-13-21-14-7-9-18-15-16(2)10-11-19(18)21/h10-11,15,17,20H,4-9,12-14H2,1-3H3. The minimum atomic E-state index is 0.668. The van der Waals surface area contributed by atoms with Crippen LogP contribution in [-0.4, -0.2) is 25.7 Å². The Labute approximate surface area is 130 Å². The number of fused-ring (bicyclic) bond motifs is 1. The summed E-state index contributed by atoms with van der Waals surface area (Å²) in [7, 11) is 0. The molecule has 1 aromatic rings. The molecular weight excluding hydrogens is 256 g/mol. The number of nitrogens with zero attached hydrogens (tertiary/aromatic N) is 1. The monoisotopic (exact) mass is 288 g/mol. The highest BCUT2D eigenvalue weighted by atomic mass is 15.1. The Morgan fingerprint density at radius 2 is 2.14 bits per heavy atom. The van der Waals surface area contributed by atoms with E-state index in [1.165, 1.54) is 62.9 Å². The van der Waals surface area contributed by atoms with E-state index in [2.05, 4.69) is 49.2 Å². The summed E-state index contributed by atoms with van der Waals surface area (Å²) in [6.45, 7) is 10.4. The average Bonchev–Trinajstić information content (AvgIpc) is 2.49. The number of rotatable bonds is 8. The molecule has 21 heavy (non-hydrogen) atoms. The van der Waals surface area contributed by atoms with Gasteiger partial charge in [0.2, 0.25) is 0 Å². The first-order valence-electron chi connectivity index (χ1n) is 8.78. The lowest BCUT2D eigenvalue weighted by Gasteiger charge is -2.31. The number of unbranched alkanes of at least 4 members (excludes halogenated alkanes) is 1. The van der Waals surface area contributed by atoms with E-state index < -0.39 is 0 Å². The summed E-state index contributed by atoms with van der Waals surface area (Å²) in [6, 6.07) is 7.63. The quantitative estimate of drug-likeness (QED) is 0.717. The van der Waals surface area contributed by atoms with Crippen molar-refractivity contribution >= 4 is 5.69 Å². The van der Waals surface area contributed by atoms with E-state index in [1.54, 1.807) is 5.56 Å². The maximum atomic E-state index is 3.58. The third-order valence-electron chi connectivity index (χ3n) is 4.51. The van der Waals surface area contributed by atoms with Crippen LogP contribution >= 0.6 is 0 Å². The zero-order valence-corrected chi connectivity index (χ0v) is 14.1. The highest BCUT2D eigenvalue weighted by molar-refractivity contribution is 5.56. The van der Waals surface area contributed by atoms with Crippen LogP contribution in [0.25, 0.3) is 0 Å². The van der Waals surface area contributed by atoms with Gasteiger partial charge in [-0.15, -0.1) is 0 Å². The number of hydrogen-bond acceptors (Lipinski definition) is 2. The molecule has 0 amide bonds. The van der Waals surface area contributed by atoms with Gasteiger partial charge in [-0.3, -0.25) is 0 Å². The van der Waals surface area contributed by atoms with Crippen LogP contribution in [0.3, 0.4) is 0 Å². The van der Waals surface area contributed by atoms with Crippen molar-refractivity contribution in [2.24, 2.45) is 0 Å². The number of benzene rings is 1. The van der Waals surface area contributed by atoms with Crippen LogP contribution in [0.15, 0.2) is 18.2 Å². The summed E-state index contributed by atoms with van der Waals surface area (Å²) in [5, 5.41) is 3.58. The summed E-state index contributed by atoms with van der Waals surface area (Å²) in [5.74, 6) is 0. The molecule has 0 spiro atoms. The third kappa shape index (κ3) is 5.03. The summed E-state index contributed by atoms with van der Waals surface area (Å²) in [5.41, 5.74) is 4.44. The predicted octanol–water partition coefficient (Wildman–Crippen LogP) is 4.31. The van der Waals surface area contributed by atoms with Gasteiger partial charge in [-0.25, -0.2) is 0 Å². The first-order valence-corrected chi connectivity index (χ1v) is 8.78. The van der Waals surface area contributed by atoms with Crippen molar-refractivity contribution < 1.29 is 0 Å². The van der Waals surface area contributed by atoms with E-state index >= 15 is 0 Å². The molecular formula is C19H32N2. The van der Waals surface area contributed by atoms with E-state index in [0.717, 1.165) is 6.54 Å². The van der Waals surface area contributed by atoms with Gasteiger partial charge in [0, 0.05) is 24.8 Å². The van der Waals surface area contributed by atoms with Gasteiger partial charge in [0.15, 0.2) is 0 Å². The molecule has 1 unspecified atom stereocenters. The Kier molecular flexibility index (Phi) is 6.56. The number of anilines is 1. The summed E-state index contributed by atoms with van der Waals surface area (Å²) < 4.78 is 0. The first-order chi connectivity index (χ1) is 10.2. The molecule has 1 atom stereocenters. The van der Waals surface area contributed by atoms with Gasteiger partial charge in [0.1, 0.15) is 0 Å². The lowest BCUT2D eigenvalue weighted by molar-refractivity contribution is 0.487. The molecule has 0 radical (unpaired) electrons. The van der Waals surface area contributed by atoms with Crippen LogP contribution < -0.4 is 10.2 Å². The van der Waals surface area contributed by atoms with E-state index in [0.29, 0.717) is 6.04 Å². The van der Waals surface area contributed by atoms with Crippen molar-refractivity contribution in [1.29, 1.82) is 0 Å². The fraction of sp³-hybridized carbons (Fsp3) is 0.684. The molecule has 0 saturated heterocycles. The molecule has 118 valence electrons. The van der Waals surface area contributed by atoms with Crippen molar-refractivity contribution in [3.8, 4) is 0 Å². The van der Waals surface area contributed by atoms with E-state index in [-0.39, 0.29) is 0 Å². The lowest BCUT2D eigenvalue weighted by Crippen LogP contribution is -2.31. The molecule has 1 aromatic carbocycles. The fourth-order valence-corrected chi connectivity index (χ4v) is 3.28. The molecule has 1 heterocycles. The smallest absolute Gasteiger partial charge is 0.0398 e. The Bertz CT molecular complexity index is 428. The molecule has 0 saturated carbocycles. The van der Waals surface area contributed by atoms with Gasteiger partial charge in [0.05, 0.1) is 0 Å². The van der Waals surface area contributed by atoms with Gasteiger partial charge < -0.3 is 10.2 Å². The van der Waals surface area contributed by atoms with Gasteiger partial charge >= 0.3 is 0 Å². The molecule has 1 aliphatic heterocycles. The van der Waals surface area contributed by atoms with Crippen molar-refractivity contribution in [3.05, 3.63) is 29.3 Å². The highest BCUT2D eigenvalue weighted by Crippen LogP contribution is 2.28. The van der Waals surface area contributed by atoms with E-state index in [1.807, 2.05) is 0 Å². The zero-order chi connectivity index (χ0) is 15.1. The van der Waals surface area contributed by atoms with Gasteiger partial charge in [-0.2, -0.15) is 0 Å². The topological polar surface area (TPSA) is 15.3 Å². The van der Waals surface area contributed by atoms with E-state index in [4.69, 9.17) is 0 Å². The maximum absolute atomic E-state index is 3.58. The Hall–Kier alpha value is -1.02. The molecule has 0 fully saturated rings. The van der Waals surface area contributed by atoms with Gasteiger partial charge in [0.25, 0.3) is 0 Å². The van der Waals surface area contributed by atoms with Crippen LogP contribution in [0.1, 0.15) is 57.1 Å². The summed E-state index contributed by atoms with van der Waals surface area (Å²) in [4.78, 5) is 2.60. The molecule has 2 heteroatoms. The van der Waals surface area contributed by atoms with Crippen LogP contribution in [0, 0.1) is 6.92 Å². The van der Waals surface area contributed by atoms with Crippen LogP contribution in [-0.2, 0) is 6.42 Å². The molecule has 0 aromatic heterocycles. The summed E-state index contributed by atoms with van der Waals surface area (Å²) in [6.07, 6.45) is 7.74. The second kappa shape index (κ2) is 8.43. The largest absolute Gasteiger partial charge is 0.371 e. The SMILES string of the molecule is CCCNC(C)CCCCN1CCCc2cc(C)ccc21. The van der Waals surface area contributed by atoms with Crippen molar-refractivity contribution in [2.45, 2.75) is 65.3 Å². The van der Waals surface area contributed by atoms with Crippen LogP contribution in [0.4, 0.5) is 5.69 Å². The molecule has 2 rings (SSSR count). The van der Waals surface area contributed by atoms with E-state index in [9.17, 15) is 0 Å². The second-order valence-electron chi connectivity index (χ2n) is 6.57. The Morgan fingerprint density at radius 1 is 1.29 bits per heavy atom. The van der Waals surface area contributed by atoms with Crippen LogP contribution in [0.2, 0.25) is 0 Å². The first kappa shape index (κ1) is 16.4. The maximum Gasteiger partial charge on any atom is 0.0398 e. The van der Waals surface area contributed by atoms with Crippen LogP contribution in [0.5, 0.6) is 0 Å². The molecule has 1 aliphatic rings. The zero-order valence-electron chi connectivity index (χ0n) is 14.1. The van der Waals surface area contributed by atoms with Gasteiger partial charge in [-0.05, 0) is 64.1 Å². The van der Waals surface area contributed by atoms with Crippen molar-refractivity contribution in [2.75, 3.05) is 24.5 Å². The minimum absolute atomic E-state index is 0.668. The summed E-state index contributed by atoms with van der Waals surface area (Å²) >= 11 is 0. The Balaban J connectivity index is 1.75. The molecule has 0 bridgehead atoms. The fourth-order valence-electron chi connectivity index (χ4n) is 3.28. The molecule has 2 nitrogen and oxygen atoms in total. The van der Waals surface area contributed by atoms with Gasteiger partial charge in [-0.1, -0.05) is 31.0 Å².